The number of pyridine rings is 1. The van der Waals surface area contributed by atoms with Crippen LogP contribution in [0.15, 0.2) is 48.8 Å². The fourth-order valence-corrected chi connectivity index (χ4v) is 2.93. The molecule has 0 bridgehead atoms. The van der Waals surface area contributed by atoms with Gasteiger partial charge in [-0.15, -0.1) is 0 Å². The summed E-state index contributed by atoms with van der Waals surface area (Å²) in [7, 11) is 0. The van der Waals surface area contributed by atoms with E-state index in [0.29, 0.717) is 11.0 Å². The van der Waals surface area contributed by atoms with E-state index in [1.807, 2.05) is 42.6 Å². The highest BCUT2D eigenvalue weighted by atomic mass is 35.5. The van der Waals surface area contributed by atoms with Gasteiger partial charge in [0.15, 0.2) is 5.15 Å². The van der Waals surface area contributed by atoms with E-state index in [4.69, 9.17) is 16.3 Å². The number of aromatic nitrogens is 3. The molecule has 0 amide bonds. The van der Waals surface area contributed by atoms with Crippen LogP contribution in [0.3, 0.4) is 0 Å². The number of ether oxygens (including phenoxy) is 1. The van der Waals surface area contributed by atoms with Gasteiger partial charge in [-0.3, -0.25) is 4.98 Å². The van der Waals surface area contributed by atoms with Crippen molar-refractivity contribution in [2.75, 3.05) is 0 Å². The number of fused-ring (bicyclic) bond motifs is 1. The van der Waals surface area contributed by atoms with Crippen LogP contribution in [0.2, 0.25) is 5.15 Å². The molecule has 5 heteroatoms. The lowest BCUT2D eigenvalue weighted by molar-refractivity contribution is 0.123. The minimum atomic E-state index is -0.121. The lowest BCUT2D eigenvalue weighted by atomic mass is 9.96. The Balaban J connectivity index is 1.74. The van der Waals surface area contributed by atoms with Crippen LogP contribution in [0.4, 0.5) is 0 Å². The van der Waals surface area contributed by atoms with Crippen molar-refractivity contribution in [3.63, 3.8) is 0 Å². The van der Waals surface area contributed by atoms with Gasteiger partial charge in [0.1, 0.15) is 6.10 Å². The Morgan fingerprint density at radius 3 is 2.48 bits per heavy atom. The van der Waals surface area contributed by atoms with Crippen molar-refractivity contribution in [2.45, 2.75) is 25.9 Å². The van der Waals surface area contributed by atoms with Gasteiger partial charge in [-0.25, -0.2) is 9.97 Å². The standard InChI is InChI=1S/C18H16ClN3O/c1-18(8-9-18)15(12-5-4-10-20-11-12)23-17-16(19)21-13-6-2-3-7-14(13)22-17/h2-7,10-11,15H,8-9H2,1H3. The molecular formula is C18H16ClN3O. The van der Waals surface area contributed by atoms with Crippen molar-refractivity contribution in [2.24, 2.45) is 5.41 Å². The van der Waals surface area contributed by atoms with Crippen LogP contribution in [0.1, 0.15) is 31.4 Å². The minimum Gasteiger partial charge on any atom is -0.467 e. The van der Waals surface area contributed by atoms with Gasteiger partial charge in [0.05, 0.1) is 11.0 Å². The number of nitrogens with zero attached hydrogens (tertiary/aromatic N) is 3. The minimum absolute atomic E-state index is 0.0969. The summed E-state index contributed by atoms with van der Waals surface area (Å²) in [4.78, 5) is 13.1. The number of benzene rings is 1. The number of hydrogen-bond donors (Lipinski definition) is 0. The molecule has 1 saturated carbocycles. The molecule has 1 unspecified atom stereocenters. The molecule has 1 aliphatic carbocycles. The van der Waals surface area contributed by atoms with Crippen molar-refractivity contribution >= 4 is 22.6 Å². The number of rotatable bonds is 4. The molecule has 4 nitrogen and oxygen atoms in total. The van der Waals surface area contributed by atoms with Crippen LogP contribution >= 0.6 is 11.6 Å². The zero-order valence-corrected chi connectivity index (χ0v) is 13.5. The first-order valence-electron chi connectivity index (χ1n) is 7.65. The zero-order chi connectivity index (χ0) is 15.9. The van der Waals surface area contributed by atoms with Crippen molar-refractivity contribution in [3.05, 3.63) is 59.5 Å². The second kappa shape index (κ2) is 5.46. The van der Waals surface area contributed by atoms with Gasteiger partial charge in [-0.1, -0.05) is 36.7 Å². The predicted molar refractivity (Wildman–Crippen MR) is 89.5 cm³/mol. The average Bonchev–Trinajstić information content (AvgIpc) is 3.32. The van der Waals surface area contributed by atoms with E-state index >= 15 is 0 Å². The van der Waals surface area contributed by atoms with Crippen molar-refractivity contribution in [1.29, 1.82) is 0 Å². The second-order valence-electron chi connectivity index (χ2n) is 6.25. The largest absolute Gasteiger partial charge is 0.467 e. The van der Waals surface area contributed by atoms with E-state index in [9.17, 15) is 0 Å². The average molecular weight is 326 g/mol. The summed E-state index contributed by atoms with van der Waals surface area (Å²) in [6, 6.07) is 11.6. The Hall–Kier alpha value is -2.20. The second-order valence-corrected chi connectivity index (χ2v) is 6.60. The summed E-state index contributed by atoms with van der Waals surface area (Å²) in [6.07, 6.45) is 5.72. The van der Waals surface area contributed by atoms with E-state index in [0.717, 1.165) is 29.4 Å². The number of hydrogen-bond acceptors (Lipinski definition) is 4. The predicted octanol–water partition coefficient (Wildman–Crippen LogP) is 4.60. The smallest absolute Gasteiger partial charge is 0.253 e. The molecule has 1 aliphatic rings. The van der Waals surface area contributed by atoms with Gasteiger partial charge >= 0.3 is 0 Å². The van der Waals surface area contributed by atoms with E-state index in [2.05, 4.69) is 21.9 Å². The van der Waals surface area contributed by atoms with Crippen molar-refractivity contribution in [1.82, 2.24) is 15.0 Å². The van der Waals surface area contributed by atoms with Gasteiger partial charge in [0.25, 0.3) is 5.88 Å². The molecule has 1 fully saturated rings. The monoisotopic (exact) mass is 325 g/mol. The van der Waals surface area contributed by atoms with Gasteiger partial charge in [-0.2, -0.15) is 0 Å². The van der Waals surface area contributed by atoms with Crippen LogP contribution in [0.5, 0.6) is 5.88 Å². The molecule has 2 aromatic heterocycles. The molecule has 1 aromatic carbocycles. The van der Waals surface area contributed by atoms with Crippen LogP contribution in [-0.2, 0) is 0 Å². The maximum Gasteiger partial charge on any atom is 0.253 e. The fourth-order valence-electron chi connectivity index (χ4n) is 2.75. The first-order chi connectivity index (χ1) is 11.2. The fraction of sp³-hybridized carbons (Fsp3) is 0.278. The molecule has 3 aromatic rings. The van der Waals surface area contributed by atoms with Crippen LogP contribution < -0.4 is 4.74 Å². The molecular weight excluding hydrogens is 310 g/mol. The first-order valence-corrected chi connectivity index (χ1v) is 8.02. The molecule has 4 rings (SSSR count). The highest BCUT2D eigenvalue weighted by molar-refractivity contribution is 6.31. The molecule has 0 saturated heterocycles. The molecule has 1 atom stereocenters. The Morgan fingerprint density at radius 1 is 1.09 bits per heavy atom. The van der Waals surface area contributed by atoms with Crippen LogP contribution in [0.25, 0.3) is 11.0 Å². The zero-order valence-electron chi connectivity index (χ0n) is 12.7. The molecule has 0 aliphatic heterocycles. The molecule has 0 spiro atoms. The van der Waals surface area contributed by atoms with E-state index in [1.54, 1.807) is 6.20 Å². The van der Waals surface area contributed by atoms with E-state index in [-0.39, 0.29) is 11.5 Å². The number of halogens is 1. The third-order valence-corrected chi connectivity index (χ3v) is 4.63. The summed E-state index contributed by atoms with van der Waals surface area (Å²) in [5.74, 6) is 0.382. The summed E-state index contributed by atoms with van der Waals surface area (Å²) in [5.41, 5.74) is 2.68. The topological polar surface area (TPSA) is 47.9 Å². The summed E-state index contributed by atoms with van der Waals surface area (Å²) >= 11 is 6.29. The molecule has 116 valence electrons. The van der Waals surface area contributed by atoms with Gasteiger partial charge < -0.3 is 4.74 Å². The lowest BCUT2D eigenvalue weighted by Gasteiger charge is -2.24. The highest BCUT2D eigenvalue weighted by Gasteiger charge is 2.47. The van der Waals surface area contributed by atoms with Crippen molar-refractivity contribution < 1.29 is 4.74 Å². The van der Waals surface area contributed by atoms with Crippen LogP contribution in [-0.4, -0.2) is 15.0 Å². The molecule has 0 radical (unpaired) electrons. The quantitative estimate of drug-likeness (QED) is 0.703. The first kappa shape index (κ1) is 14.4. The summed E-state index contributed by atoms with van der Waals surface area (Å²) in [6.45, 7) is 2.22. The van der Waals surface area contributed by atoms with E-state index < -0.39 is 0 Å². The van der Waals surface area contributed by atoms with Gasteiger partial charge in [0.2, 0.25) is 0 Å². The van der Waals surface area contributed by atoms with Crippen LogP contribution in [0, 0.1) is 5.41 Å². The maximum atomic E-state index is 6.29. The Labute approximate surface area is 139 Å². The maximum absolute atomic E-state index is 6.29. The third-order valence-electron chi connectivity index (χ3n) is 4.39. The SMILES string of the molecule is CC1(C(Oc2nc3ccccc3nc2Cl)c2cccnc2)CC1. The van der Waals surface area contributed by atoms with E-state index in [1.165, 1.54) is 0 Å². The van der Waals surface area contributed by atoms with Gasteiger partial charge in [0, 0.05) is 23.4 Å². The highest BCUT2D eigenvalue weighted by Crippen LogP contribution is 2.56. The number of para-hydroxylation sites is 2. The lowest BCUT2D eigenvalue weighted by Crippen LogP contribution is -2.18. The Morgan fingerprint density at radius 2 is 1.83 bits per heavy atom. The normalized spacial score (nSPS) is 17.0. The van der Waals surface area contributed by atoms with Crippen molar-refractivity contribution in [3.8, 4) is 5.88 Å². The summed E-state index contributed by atoms with van der Waals surface area (Å²) < 4.78 is 6.22. The molecule has 0 N–H and O–H groups in total. The summed E-state index contributed by atoms with van der Waals surface area (Å²) in [5, 5.41) is 0.293. The Kier molecular flexibility index (Phi) is 3.42. The molecule has 23 heavy (non-hydrogen) atoms. The third kappa shape index (κ3) is 2.75. The Bertz CT molecular complexity index is 849. The molecule has 2 heterocycles. The van der Waals surface area contributed by atoms with Gasteiger partial charge in [-0.05, 0) is 31.0 Å².